The number of rotatable bonds is 12. The van der Waals surface area contributed by atoms with E-state index in [1.807, 2.05) is 0 Å². The van der Waals surface area contributed by atoms with Gasteiger partial charge in [-0.15, -0.1) is 0 Å². The molecule has 2 rings (SSSR count). The third-order valence-corrected chi connectivity index (χ3v) is 4.73. The molecule has 32 heavy (non-hydrogen) atoms. The van der Waals surface area contributed by atoms with E-state index in [0.29, 0.717) is 22.6 Å². The maximum atomic E-state index is 13.8. The smallest absolute Gasteiger partial charge is 0.343 e. The number of carbonyl (C=O) groups is 3. The first-order valence-electron chi connectivity index (χ1n) is 9.68. The highest BCUT2D eigenvalue weighted by atomic mass is 19.1. The molecule has 9 heteroatoms. The van der Waals surface area contributed by atoms with Crippen molar-refractivity contribution in [1.82, 2.24) is 0 Å². The van der Waals surface area contributed by atoms with E-state index >= 15 is 0 Å². The Morgan fingerprint density at radius 2 is 1.03 bits per heavy atom. The Kier molecular flexibility index (Phi) is 9.59. The van der Waals surface area contributed by atoms with Crippen LogP contribution in [0.3, 0.4) is 0 Å². The predicted molar refractivity (Wildman–Crippen MR) is 110 cm³/mol. The molecule has 0 saturated carbocycles. The average Bonchev–Trinajstić information content (AvgIpc) is 2.83. The number of hydrogen-bond donors (Lipinski definition) is 0. The van der Waals surface area contributed by atoms with Gasteiger partial charge in [0.1, 0.15) is 24.8 Å². The summed E-state index contributed by atoms with van der Waals surface area (Å²) >= 11 is 0. The van der Waals surface area contributed by atoms with Crippen molar-refractivity contribution in [2.45, 2.75) is 11.8 Å². The summed E-state index contributed by atoms with van der Waals surface area (Å²) < 4.78 is 47.0. The van der Waals surface area contributed by atoms with Gasteiger partial charge in [-0.3, -0.25) is 4.79 Å². The van der Waals surface area contributed by atoms with Crippen LogP contribution in [0.2, 0.25) is 0 Å². The second-order valence-electron chi connectivity index (χ2n) is 6.68. The molecule has 0 N–H and O–H groups in total. The number of Topliss-reactive ketones (excluding diaryl/α,β-unsaturated/α-hetero) is 1. The highest BCUT2D eigenvalue weighted by Gasteiger charge is 2.29. The molecule has 0 aliphatic rings. The molecule has 2 unspecified atom stereocenters. The molecule has 0 aliphatic heterocycles. The summed E-state index contributed by atoms with van der Waals surface area (Å²) in [6.45, 7) is -2.58. The number of benzene rings is 2. The van der Waals surface area contributed by atoms with Crippen molar-refractivity contribution in [2.24, 2.45) is 0 Å². The number of hydrogen-bond acceptors (Lipinski definition) is 7. The standard InChI is InChI=1S/C23H24F2O7/c1-29-21(26)13-31-17-7-3-15(4-8-17)19(11-24)23(28)20(12-25)16-5-9-18(10-6-16)32-14-22(27)30-2/h3-10,19-20H,11-14H2,1-2H3. The fourth-order valence-corrected chi connectivity index (χ4v) is 2.90. The molecular weight excluding hydrogens is 426 g/mol. The fraction of sp³-hybridized carbons (Fsp3) is 0.348. The van der Waals surface area contributed by atoms with Crippen molar-refractivity contribution < 1.29 is 42.1 Å². The number of ketones is 1. The topological polar surface area (TPSA) is 88.1 Å². The molecule has 0 amide bonds. The van der Waals surface area contributed by atoms with Crippen LogP contribution in [-0.4, -0.2) is 58.5 Å². The molecule has 0 fully saturated rings. The van der Waals surface area contributed by atoms with Gasteiger partial charge in [-0.25, -0.2) is 18.4 Å². The van der Waals surface area contributed by atoms with E-state index < -0.39 is 42.9 Å². The fourth-order valence-electron chi connectivity index (χ4n) is 2.90. The van der Waals surface area contributed by atoms with Gasteiger partial charge in [0, 0.05) is 0 Å². The zero-order chi connectivity index (χ0) is 23.5. The zero-order valence-corrected chi connectivity index (χ0v) is 17.7. The second-order valence-corrected chi connectivity index (χ2v) is 6.68. The van der Waals surface area contributed by atoms with Crippen molar-refractivity contribution in [1.29, 1.82) is 0 Å². The van der Waals surface area contributed by atoms with Gasteiger partial charge in [-0.2, -0.15) is 0 Å². The maximum Gasteiger partial charge on any atom is 0.343 e. The molecule has 0 aromatic heterocycles. The monoisotopic (exact) mass is 450 g/mol. The van der Waals surface area contributed by atoms with Crippen molar-refractivity contribution in [3.8, 4) is 11.5 Å². The third kappa shape index (κ3) is 6.76. The van der Waals surface area contributed by atoms with Gasteiger partial charge >= 0.3 is 11.9 Å². The van der Waals surface area contributed by atoms with Gasteiger partial charge in [0.2, 0.25) is 0 Å². The average molecular weight is 450 g/mol. The number of esters is 2. The first-order chi connectivity index (χ1) is 15.4. The minimum atomic E-state index is -1.17. The largest absolute Gasteiger partial charge is 0.482 e. The Bertz CT molecular complexity index is 824. The summed E-state index contributed by atoms with van der Waals surface area (Å²) in [6, 6.07) is 11.9. The number of alkyl halides is 2. The minimum Gasteiger partial charge on any atom is -0.482 e. The highest BCUT2D eigenvalue weighted by molar-refractivity contribution is 5.92. The lowest BCUT2D eigenvalue weighted by atomic mass is 9.85. The summed E-state index contributed by atoms with van der Waals surface area (Å²) in [5.74, 6) is -3.37. The van der Waals surface area contributed by atoms with Gasteiger partial charge in [0.15, 0.2) is 19.0 Å². The van der Waals surface area contributed by atoms with Crippen LogP contribution in [0.1, 0.15) is 23.0 Å². The quantitative estimate of drug-likeness (QED) is 0.459. The van der Waals surface area contributed by atoms with Crippen molar-refractivity contribution in [3.63, 3.8) is 0 Å². The highest BCUT2D eigenvalue weighted by Crippen LogP contribution is 2.30. The molecule has 0 heterocycles. The molecular formula is C23H24F2O7. The van der Waals surface area contributed by atoms with Crippen LogP contribution in [0, 0.1) is 0 Å². The Hall–Kier alpha value is -3.49. The van der Waals surface area contributed by atoms with Crippen LogP contribution in [0.4, 0.5) is 8.78 Å². The van der Waals surface area contributed by atoms with Gasteiger partial charge in [-0.05, 0) is 35.4 Å². The summed E-state index contributed by atoms with van der Waals surface area (Å²) in [6.07, 6.45) is 0. The van der Waals surface area contributed by atoms with E-state index in [-0.39, 0.29) is 13.2 Å². The Labute approximate surface area is 184 Å². The lowest BCUT2D eigenvalue weighted by molar-refractivity contribution is -0.143. The molecule has 0 saturated heterocycles. The molecule has 2 atom stereocenters. The first-order valence-corrected chi connectivity index (χ1v) is 9.68. The predicted octanol–water partition coefficient (Wildman–Crippen LogP) is 3.17. The summed E-state index contributed by atoms with van der Waals surface area (Å²) in [5.41, 5.74) is 0.721. The summed E-state index contributed by atoms with van der Waals surface area (Å²) in [4.78, 5) is 35.2. The van der Waals surface area contributed by atoms with E-state index in [1.165, 1.54) is 62.8 Å². The van der Waals surface area contributed by atoms with Crippen LogP contribution in [0.15, 0.2) is 48.5 Å². The number of methoxy groups -OCH3 is 2. The van der Waals surface area contributed by atoms with Crippen LogP contribution in [-0.2, 0) is 23.9 Å². The molecule has 2 aromatic carbocycles. The first kappa shape index (κ1) is 24.8. The second kappa shape index (κ2) is 12.4. The van der Waals surface area contributed by atoms with Crippen LogP contribution in [0.25, 0.3) is 0 Å². The Morgan fingerprint density at radius 3 is 1.31 bits per heavy atom. The summed E-state index contributed by atoms with van der Waals surface area (Å²) in [7, 11) is 2.47. The molecule has 2 aromatic rings. The van der Waals surface area contributed by atoms with Gasteiger partial charge in [0.25, 0.3) is 0 Å². The van der Waals surface area contributed by atoms with Gasteiger partial charge in [0.05, 0.1) is 26.1 Å². The van der Waals surface area contributed by atoms with E-state index in [9.17, 15) is 23.2 Å². The third-order valence-electron chi connectivity index (χ3n) is 4.73. The molecule has 172 valence electrons. The Morgan fingerprint density at radius 1 is 0.688 bits per heavy atom. The normalized spacial score (nSPS) is 12.4. The van der Waals surface area contributed by atoms with Crippen LogP contribution < -0.4 is 9.47 Å². The maximum absolute atomic E-state index is 13.8. The molecule has 0 bridgehead atoms. The van der Waals surface area contributed by atoms with Gasteiger partial charge in [-0.1, -0.05) is 24.3 Å². The number of halogens is 2. The number of carbonyl (C=O) groups excluding carboxylic acids is 3. The van der Waals surface area contributed by atoms with E-state index in [1.54, 1.807) is 0 Å². The molecule has 0 radical (unpaired) electrons. The summed E-state index contributed by atoms with van der Waals surface area (Å²) in [5, 5.41) is 0. The van der Waals surface area contributed by atoms with Crippen molar-refractivity contribution in [3.05, 3.63) is 59.7 Å². The van der Waals surface area contributed by atoms with Gasteiger partial charge < -0.3 is 18.9 Å². The molecule has 0 spiro atoms. The van der Waals surface area contributed by atoms with Crippen molar-refractivity contribution in [2.75, 3.05) is 40.8 Å². The van der Waals surface area contributed by atoms with E-state index in [4.69, 9.17) is 9.47 Å². The molecule has 7 nitrogen and oxygen atoms in total. The van der Waals surface area contributed by atoms with Crippen LogP contribution in [0.5, 0.6) is 11.5 Å². The minimum absolute atomic E-state index is 0.287. The SMILES string of the molecule is COC(=O)COc1ccc(C(CF)C(=O)C(CF)c2ccc(OCC(=O)OC)cc2)cc1. The number of ether oxygens (including phenoxy) is 4. The van der Waals surface area contributed by atoms with E-state index in [0.717, 1.165) is 0 Å². The molecule has 0 aliphatic carbocycles. The zero-order valence-electron chi connectivity index (χ0n) is 17.7. The van der Waals surface area contributed by atoms with Crippen LogP contribution >= 0.6 is 0 Å². The van der Waals surface area contributed by atoms with E-state index in [2.05, 4.69) is 9.47 Å². The Balaban J connectivity index is 2.10. The lowest BCUT2D eigenvalue weighted by Gasteiger charge is -2.20. The van der Waals surface area contributed by atoms with Crippen molar-refractivity contribution >= 4 is 17.7 Å². The lowest BCUT2D eigenvalue weighted by Crippen LogP contribution is -2.24.